The predicted molar refractivity (Wildman–Crippen MR) is 97.1 cm³/mol. The zero-order valence-electron chi connectivity index (χ0n) is 15.1. The number of nitrogens with zero attached hydrogens (tertiary/aromatic N) is 3. The van der Waals surface area contributed by atoms with Crippen LogP contribution in [0.4, 0.5) is 0 Å². The second-order valence-electron chi connectivity index (χ2n) is 7.53. The number of nitrogens with one attached hydrogen (secondary N) is 1. The zero-order chi connectivity index (χ0) is 17.2. The summed E-state index contributed by atoms with van der Waals surface area (Å²) in [5, 5.41) is 0. The lowest BCUT2D eigenvalue weighted by atomic mass is 9.89. The van der Waals surface area contributed by atoms with E-state index in [0.29, 0.717) is 29.6 Å². The molecule has 2 aromatic rings. The Morgan fingerprint density at radius 1 is 1.08 bits per heavy atom. The molecule has 0 unspecified atom stereocenters. The summed E-state index contributed by atoms with van der Waals surface area (Å²) in [6, 6.07) is 0.452. The Balaban J connectivity index is 1.72. The van der Waals surface area contributed by atoms with Crippen LogP contribution >= 0.6 is 0 Å². The topological polar surface area (TPSA) is 72.8 Å². The van der Waals surface area contributed by atoms with Crippen LogP contribution in [0.5, 0.6) is 6.01 Å². The van der Waals surface area contributed by atoms with Gasteiger partial charge < -0.3 is 9.72 Å². The van der Waals surface area contributed by atoms with E-state index in [4.69, 9.17) is 4.74 Å². The van der Waals surface area contributed by atoms with E-state index >= 15 is 0 Å². The van der Waals surface area contributed by atoms with Crippen molar-refractivity contribution < 1.29 is 4.74 Å². The van der Waals surface area contributed by atoms with Crippen LogP contribution in [0, 0.1) is 0 Å². The van der Waals surface area contributed by atoms with Gasteiger partial charge in [0.05, 0.1) is 0 Å². The van der Waals surface area contributed by atoms with E-state index in [9.17, 15) is 4.79 Å². The van der Waals surface area contributed by atoms with Crippen molar-refractivity contribution in [2.45, 2.75) is 89.7 Å². The molecule has 2 heterocycles. The molecule has 0 aromatic carbocycles. The van der Waals surface area contributed by atoms with Crippen molar-refractivity contribution >= 4 is 11.2 Å². The molecule has 0 aliphatic heterocycles. The van der Waals surface area contributed by atoms with Gasteiger partial charge in [0, 0.05) is 12.5 Å². The Bertz CT molecular complexity index is 783. The van der Waals surface area contributed by atoms with Crippen molar-refractivity contribution in [3.8, 4) is 6.01 Å². The highest BCUT2D eigenvalue weighted by atomic mass is 16.5. The SMILES string of the molecule is CCCn1c(OC2CCCC2)nc2nc(C3CCCCC3)[nH]c2c1=O. The van der Waals surface area contributed by atoms with Crippen LogP contribution in [0.1, 0.15) is 82.9 Å². The minimum absolute atomic E-state index is 0.0468. The molecule has 2 aliphatic rings. The molecule has 2 aromatic heterocycles. The number of aromatic nitrogens is 4. The molecule has 2 aliphatic carbocycles. The number of hydrogen-bond donors (Lipinski definition) is 1. The van der Waals surface area contributed by atoms with E-state index in [0.717, 1.165) is 37.9 Å². The summed E-state index contributed by atoms with van der Waals surface area (Å²) in [6.45, 7) is 2.69. The van der Waals surface area contributed by atoms with Gasteiger partial charge >= 0.3 is 6.01 Å². The van der Waals surface area contributed by atoms with Crippen LogP contribution < -0.4 is 10.3 Å². The Morgan fingerprint density at radius 2 is 1.80 bits per heavy atom. The second-order valence-corrected chi connectivity index (χ2v) is 7.53. The quantitative estimate of drug-likeness (QED) is 0.893. The van der Waals surface area contributed by atoms with Crippen molar-refractivity contribution in [3.05, 3.63) is 16.2 Å². The van der Waals surface area contributed by atoms with Crippen LogP contribution in [0.3, 0.4) is 0 Å². The minimum Gasteiger partial charge on any atom is -0.461 e. The van der Waals surface area contributed by atoms with Crippen LogP contribution in [0.15, 0.2) is 4.79 Å². The first-order valence-corrected chi connectivity index (χ1v) is 9.93. The largest absolute Gasteiger partial charge is 0.461 e. The molecule has 4 rings (SSSR count). The van der Waals surface area contributed by atoms with Gasteiger partial charge in [0.15, 0.2) is 11.2 Å². The molecule has 0 saturated heterocycles. The molecule has 6 heteroatoms. The third-order valence-corrected chi connectivity index (χ3v) is 5.61. The molecule has 6 nitrogen and oxygen atoms in total. The van der Waals surface area contributed by atoms with Crippen molar-refractivity contribution in [1.82, 2.24) is 19.5 Å². The molecular weight excluding hydrogens is 316 g/mol. The van der Waals surface area contributed by atoms with E-state index in [1.165, 1.54) is 32.1 Å². The summed E-state index contributed by atoms with van der Waals surface area (Å²) in [5.74, 6) is 1.36. The van der Waals surface area contributed by atoms with Gasteiger partial charge in [0.2, 0.25) is 0 Å². The first kappa shape index (κ1) is 16.6. The van der Waals surface area contributed by atoms with Gasteiger partial charge in [-0.05, 0) is 44.9 Å². The normalized spacial score (nSPS) is 19.7. The molecule has 1 N–H and O–H groups in total. The summed E-state index contributed by atoms with van der Waals surface area (Å²) < 4.78 is 7.78. The minimum atomic E-state index is -0.0468. The summed E-state index contributed by atoms with van der Waals surface area (Å²) in [5.41, 5.74) is 1.01. The number of aromatic amines is 1. The average Bonchev–Trinajstić information content (AvgIpc) is 3.29. The second kappa shape index (κ2) is 7.18. The predicted octanol–water partition coefficient (Wildman–Crippen LogP) is 3.90. The lowest BCUT2D eigenvalue weighted by molar-refractivity contribution is 0.180. The van der Waals surface area contributed by atoms with Gasteiger partial charge in [0.1, 0.15) is 11.9 Å². The molecule has 0 atom stereocenters. The van der Waals surface area contributed by atoms with Gasteiger partial charge in [-0.25, -0.2) is 4.98 Å². The maximum atomic E-state index is 13.0. The van der Waals surface area contributed by atoms with Crippen molar-refractivity contribution in [2.24, 2.45) is 0 Å². The summed E-state index contributed by atoms with van der Waals surface area (Å²) >= 11 is 0. The molecule has 0 radical (unpaired) electrons. The maximum absolute atomic E-state index is 13.0. The molecule has 136 valence electrons. The average molecular weight is 344 g/mol. The molecular formula is C19H28N4O2. The van der Waals surface area contributed by atoms with E-state index in [-0.39, 0.29) is 11.7 Å². The monoisotopic (exact) mass is 344 g/mol. The smallest absolute Gasteiger partial charge is 0.301 e. The standard InChI is InChI=1S/C19H28N4O2/c1-2-12-23-18(24)15-17(22-19(23)25-14-10-6-7-11-14)21-16(20-15)13-8-4-3-5-9-13/h13-14H,2-12H2,1H3,(H,20,21). The lowest BCUT2D eigenvalue weighted by Crippen LogP contribution is -2.26. The van der Waals surface area contributed by atoms with E-state index < -0.39 is 0 Å². The molecule has 0 amide bonds. The first-order chi connectivity index (χ1) is 12.3. The van der Waals surface area contributed by atoms with E-state index in [2.05, 4.69) is 21.9 Å². The number of fused-ring (bicyclic) bond motifs is 1. The Morgan fingerprint density at radius 3 is 2.52 bits per heavy atom. The fraction of sp³-hybridized carbons (Fsp3) is 0.737. The molecule has 2 saturated carbocycles. The third kappa shape index (κ3) is 3.31. The molecule has 0 bridgehead atoms. The number of imidazole rings is 1. The highest BCUT2D eigenvalue weighted by Gasteiger charge is 2.24. The summed E-state index contributed by atoms with van der Waals surface area (Å²) in [4.78, 5) is 25.6. The Hall–Kier alpha value is -1.85. The Kier molecular flexibility index (Phi) is 4.77. The lowest BCUT2D eigenvalue weighted by Gasteiger charge is -2.18. The molecule has 2 fully saturated rings. The molecule has 25 heavy (non-hydrogen) atoms. The first-order valence-electron chi connectivity index (χ1n) is 9.93. The number of hydrogen-bond acceptors (Lipinski definition) is 4. The van der Waals surface area contributed by atoms with Crippen molar-refractivity contribution in [3.63, 3.8) is 0 Å². The van der Waals surface area contributed by atoms with Gasteiger partial charge in [0.25, 0.3) is 5.56 Å². The van der Waals surface area contributed by atoms with Gasteiger partial charge in [-0.3, -0.25) is 9.36 Å². The zero-order valence-corrected chi connectivity index (χ0v) is 15.1. The number of ether oxygens (including phenoxy) is 1. The van der Waals surface area contributed by atoms with E-state index in [1.807, 2.05) is 0 Å². The summed E-state index contributed by atoms with van der Waals surface area (Å²) in [6.07, 6.45) is 11.6. The third-order valence-electron chi connectivity index (χ3n) is 5.61. The Labute approximate surface area is 148 Å². The van der Waals surface area contributed by atoms with Crippen LogP contribution in [-0.4, -0.2) is 25.6 Å². The molecule has 0 spiro atoms. The van der Waals surface area contributed by atoms with Crippen LogP contribution in [0.25, 0.3) is 11.2 Å². The van der Waals surface area contributed by atoms with Crippen molar-refractivity contribution in [2.75, 3.05) is 0 Å². The van der Waals surface area contributed by atoms with Crippen LogP contribution in [-0.2, 0) is 6.54 Å². The van der Waals surface area contributed by atoms with Gasteiger partial charge in [-0.2, -0.15) is 4.98 Å². The highest BCUT2D eigenvalue weighted by molar-refractivity contribution is 5.70. The van der Waals surface area contributed by atoms with E-state index in [1.54, 1.807) is 4.57 Å². The van der Waals surface area contributed by atoms with Gasteiger partial charge in [-0.15, -0.1) is 0 Å². The summed E-state index contributed by atoms with van der Waals surface area (Å²) in [7, 11) is 0. The van der Waals surface area contributed by atoms with Crippen LogP contribution in [0.2, 0.25) is 0 Å². The van der Waals surface area contributed by atoms with Gasteiger partial charge in [-0.1, -0.05) is 26.2 Å². The number of rotatable bonds is 5. The number of H-pyrrole nitrogens is 1. The highest BCUT2D eigenvalue weighted by Crippen LogP contribution is 2.31. The maximum Gasteiger partial charge on any atom is 0.301 e. The van der Waals surface area contributed by atoms with Crippen molar-refractivity contribution in [1.29, 1.82) is 0 Å². The fourth-order valence-electron chi connectivity index (χ4n) is 4.22. The fourth-order valence-corrected chi connectivity index (χ4v) is 4.22.